The zero-order valence-corrected chi connectivity index (χ0v) is 20.8. The van der Waals surface area contributed by atoms with Crippen molar-refractivity contribution in [2.45, 2.75) is 20.8 Å². The van der Waals surface area contributed by atoms with E-state index in [2.05, 4.69) is 135 Å². The van der Waals surface area contributed by atoms with Crippen molar-refractivity contribution in [3.8, 4) is 22.3 Å². The fourth-order valence-corrected chi connectivity index (χ4v) is 4.34. The minimum Gasteiger partial charge on any atom is -0.0905 e. The summed E-state index contributed by atoms with van der Waals surface area (Å²) in [6.45, 7) is 10.7. The second-order valence-electron chi connectivity index (χ2n) is 8.68. The Labute approximate surface area is 210 Å². The number of hydrogen-bond acceptors (Lipinski definition) is 0. The smallest absolute Gasteiger partial charge is 0.0154 e. The third kappa shape index (κ3) is 5.67. The standard InChI is InChI=1S/C35H32/c1-5-7-13-28(12-6-2)30-18-20-31(21-19-30)33-17-11-16-32(25-33)27(4)35-23-22-34(24-26(35)3)29-14-9-8-10-15-29/h5-25H,4H2,1-3H3/b7-5-,12-6-,28-13+. The maximum Gasteiger partial charge on any atom is -0.0154 e. The molecular weight excluding hydrogens is 420 g/mol. The van der Waals surface area contributed by atoms with Gasteiger partial charge in [0, 0.05) is 0 Å². The predicted octanol–water partition coefficient (Wildman–Crippen LogP) is 9.93. The fourth-order valence-electron chi connectivity index (χ4n) is 4.34. The molecule has 0 aliphatic rings. The van der Waals surface area contributed by atoms with Gasteiger partial charge in [0.25, 0.3) is 0 Å². The van der Waals surface area contributed by atoms with Gasteiger partial charge in [0.05, 0.1) is 0 Å². The highest BCUT2D eigenvalue weighted by Crippen LogP contribution is 2.31. The molecule has 0 N–H and O–H groups in total. The molecule has 4 rings (SSSR count). The van der Waals surface area contributed by atoms with Crippen molar-refractivity contribution in [3.63, 3.8) is 0 Å². The molecule has 172 valence electrons. The SMILES string of the molecule is C=C(c1cccc(-c2ccc(C(/C=C\C)=C/C=C\C)cc2)c1)c1ccc(-c2ccccc2)cc1C. The third-order valence-corrected chi connectivity index (χ3v) is 6.24. The van der Waals surface area contributed by atoms with E-state index in [1.807, 2.05) is 19.9 Å². The average molecular weight is 453 g/mol. The van der Waals surface area contributed by atoms with Crippen LogP contribution in [0.15, 0.2) is 134 Å². The van der Waals surface area contributed by atoms with Gasteiger partial charge in [0.2, 0.25) is 0 Å². The summed E-state index contributed by atoms with van der Waals surface area (Å²) < 4.78 is 0. The lowest BCUT2D eigenvalue weighted by Gasteiger charge is -2.13. The van der Waals surface area contributed by atoms with Gasteiger partial charge in [-0.1, -0.05) is 128 Å². The number of aryl methyl sites for hydroxylation is 1. The summed E-state index contributed by atoms with van der Waals surface area (Å²) in [6, 6.07) is 34.6. The van der Waals surface area contributed by atoms with Crippen LogP contribution in [0.4, 0.5) is 0 Å². The third-order valence-electron chi connectivity index (χ3n) is 6.24. The first-order chi connectivity index (χ1) is 17.1. The first kappa shape index (κ1) is 24.0. The highest BCUT2D eigenvalue weighted by atomic mass is 14.1. The quantitative estimate of drug-likeness (QED) is 0.245. The van der Waals surface area contributed by atoms with Gasteiger partial charge < -0.3 is 0 Å². The molecule has 0 aromatic heterocycles. The molecule has 0 radical (unpaired) electrons. The summed E-state index contributed by atoms with van der Waals surface area (Å²) in [5.74, 6) is 0. The molecule has 0 heteroatoms. The second kappa shape index (κ2) is 11.3. The Morgan fingerprint density at radius 2 is 1.29 bits per heavy atom. The molecule has 4 aromatic carbocycles. The first-order valence-electron chi connectivity index (χ1n) is 12.1. The molecule has 0 heterocycles. The van der Waals surface area contributed by atoms with Crippen LogP contribution in [0.25, 0.3) is 33.4 Å². The van der Waals surface area contributed by atoms with E-state index in [4.69, 9.17) is 0 Å². The number of rotatable bonds is 7. The van der Waals surface area contributed by atoms with Gasteiger partial charge in [-0.2, -0.15) is 0 Å². The number of hydrogen-bond donors (Lipinski definition) is 0. The van der Waals surface area contributed by atoms with Gasteiger partial charge in [0.1, 0.15) is 0 Å². The largest absolute Gasteiger partial charge is 0.0905 e. The Bertz CT molecular complexity index is 1390. The normalized spacial score (nSPS) is 11.9. The van der Waals surface area contributed by atoms with E-state index in [-0.39, 0.29) is 0 Å². The highest BCUT2D eigenvalue weighted by Gasteiger charge is 2.09. The Morgan fingerprint density at radius 1 is 0.629 bits per heavy atom. The van der Waals surface area contributed by atoms with Gasteiger partial charge in [-0.25, -0.2) is 0 Å². The summed E-state index contributed by atoms with van der Waals surface area (Å²) in [4.78, 5) is 0. The summed E-state index contributed by atoms with van der Waals surface area (Å²) in [7, 11) is 0. The van der Waals surface area contributed by atoms with E-state index in [0.717, 1.165) is 11.1 Å². The van der Waals surface area contributed by atoms with Crippen LogP contribution in [0.1, 0.15) is 36.1 Å². The molecule has 0 unspecified atom stereocenters. The zero-order valence-electron chi connectivity index (χ0n) is 20.8. The van der Waals surface area contributed by atoms with Crippen molar-refractivity contribution in [2.75, 3.05) is 0 Å². The van der Waals surface area contributed by atoms with Crippen LogP contribution < -0.4 is 0 Å². The van der Waals surface area contributed by atoms with E-state index < -0.39 is 0 Å². The van der Waals surface area contributed by atoms with Crippen LogP contribution in [-0.2, 0) is 0 Å². The molecule has 0 spiro atoms. The van der Waals surface area contributed by atoms with Gasteiger partial charge in [-0.05, 0) is 82.5 Å². The molecule has 0 nitrogen and oxygen atoms in total. The minimum atomic E-state index is 1.05. The molecule has 0 aliphatic carbocycles. The van der Waals surface area contributed by atoms with E-state index in [1.165, 1.54) is 44.5 Å². The second-order valence-corrected chi connectivity index (χ2v) is 8.68. The Hall–Kier alpha value is -4.16. The molecule has 35 heavy (non-hydrogen) atoms. The number of allylic oxidation sites excluding steroid dienone is 6. The highest BCUT2D eigenvalue weighted by molar-refractivity contribution is 5.84. The maximum atomic E-state index is 4.46. The van der Waals surface area contributed by atoms with Crippen LogP contribution in [-0.4, -0.2) is 0 Å². The van der Waals surface area contributed by atoms with Crippen molar-refractivity contribution >= 4 is 11.1 Å². The van der Waals surface area contributed by atoms with Crippen molar-refractivity contribution < 1.29 is 0 Å². The maximum absolute atomic E-state index is 4.46. The lowest BCUT2D eigenvalue weighted by atomic mass is 9.91. The summed E-state index contributed by atoms with van der Waals surface area (Å²) in [5.41, 5.74) is 11.9. The van der Waals surface area contributed by atoms with E-state index >= 15 is 0 Å². The van der Waals surface area contributed by atoms with Crippen LogP contribution in [0.5, 0.6) is 0 Å². The molecule has 0 bridgehead atoms. The van der Waals surface area contributed by atoms with Crippen LogP contribution in [0.3, 0.4) is 0 Å². The molecule has 0 aliphatic heterocycles. The van der Waals surface area contributed by atoms with Crippen molar-refractivity contribution in [1.82, 2.24) is 0 Å². The van der Waals surface area contributed by atoms with Crippen LogP contribution in [0.2, 0.25) is 0 Å². The molecule has 0 saturated heterocycles. The van der Waals surface area contributed by atoms with E-state index in [9.17, 15) is 0 Å². The Kier molecular flexibility index (Phi) is 7.75. The fraction of sp³-hybridized carbons (Fsp3) is 0.0857. The molecule has 0 amide bonds. The zero-order chi connectivity index (χ0) is 24.6. The molecular formula is C35H32. The molecule has 0 fully saturated rings. The van der Waals surface area contributed by atoms with Crippen LogP contribution in [0, 0.1) is 6.92 Å². The molecule has 0 atom stereocenters. The predicted molar refractivity (Wildman–Crippen MR) is 154 cm³/mol. The first-order valence-corrected chi connectivity index (χ1v) is 12.1. The summed E-state index contributed by atoms with van der Waals surface area (Å²) >= 11 is 0. The number of benzene rings is 4. The molecule has 4 aromatic rings. The Balaban J connectivity index is 1.60. The lowest BCUT2D eigenvalue weighted by Crippen LogP contribution is -1.92. The van der Waals surface area contributed by atoms with Crippen molar-refractivity contribution in [2.24, 2.45) is 0 Å². The van der Waals surface area contributed by atoms with Crippen LogP contribution >= 0.6 is 0 Å². The van der Waals surface area contributed by atoms with Gasteiger partial charge in [-0.3, -0.25) is 0 Å². The topological polar surface area (TPSA) is 0 Å². The monoisotopic (exact) mass is 452 g/mol. The van der Waals surface area contributed by atoms with E-state index in [1.54, 1.807) is 0 Å². The van der Waals surface area contributed by atoms with Gasteiger partial charge >= 0.3 is 0 Å². The Morgan fingerprint density at radius 3 is 1.97 bits per heavy atom. The average Bonchev–Trinajstić information content (AvgIpc) is 2.91. The van der Waals surface area contributed by atoms with Crippen molar-refractivity contribution in [3.05, 3.63) is 156 Å². The summed E-state index contributed by atoms with van der Waals surface area (Å²) in [5, 5.41) is 0. The van der Waals surface area contributed by atoms with Gasteiger partial charge in [-0.15, -0.1) is 0 Å². The summed E-state index contributed by atoms with van der Waals surface area (Å²) in [6.07, 6.45) is 10.5. The minimum absolute atomic E-state index is 1.05. The van der Waals surface area contributed by atoms with E-state index in [0.29, 0.717) is 0 Å². The lowest BCUT2D eigenvalue weighted by molar-refractivity contribution is 1.41. The van der Waals surface area contributed by atoms with Crippen molar-refractivity contribution in [1.29, 1.82) is 0 Å². The van der Waals surface area contributed by atoms with Gasteiger partial charge in [0.15, 0.2) is 0 Å². The molecule has 0 saturated carbocycles.